The molecular weight excluding hydrogens is 360 g/mol. The molecule has 0 bridgehead atoms. The van der Waals surface area contributed by atoms with Crippen LogP contribution in [0, 0.1) is 0 Å². The molecule has 3 aromatic carbocycles. The summed E-state index contributed by atoms with van der Waals surface area (Å²) in [4.78, 5) is 8.41. The number of rotatable bonds is 5. The van der Waals surface area contributed by atoms with Crippen molar-refractivity contribution in [1.82, 2.24) is 0 Å². The maximum Gasteiger partial charge on any atom is 0.0668 e. The van der Waals surface area contributed by atoms with Gasteiger partial charge in [-0.2, -0.15) is 0 Å². The van der Waals surface area contributed by atoms with Crippen LogP contribution in [0.3, 0.4) is 0 Å². The van der Waals surface area contributed by atoms with E-state index in [0.29, 0.717) is 0 Å². The Hall–Kier alpha value is -2.78. The van der Waals surface area contributed by atoms with Gasteiger partial charge < -0.3 is 4.90 Å². The van der Waals surface area contributed by atoms with Crippen LogP contribution in [0.25, 0.3) is 6.08 Å². The van der Waals surface area contributed by atoms with Crippen LogP contribution in [0.4, 0.5) is 5.69 Å². The molecule has 1 aliphatic rings. The molecule has 3 aromatic rings. The van der Waals surface area contributed by atoms with E-state index in [0.717, 1.165) is 24.6 Å². The van der Waals surface area contributed by atoms with Gasteiger partial charge in [0.05, 0.1) is 12.3 Å². The zero-order valence-corrected chi connectivity index (χ0v) is 16.9. The molecule has 0 saturated carbocycles. The summed E-state index contributed by atoms with van der Waals surface area (Å²) in [6.07, 6.45) is 4.37. The fourth-order valence-electron chi connectivity index (χ4n) is 3.35. The summed E-state index contributed by atoms with van der Waals surface area (Å²) in [5.41, 5.74) is 6.09. The van der Waals surface area contributed by atoms with Crippen LogP contribution in [0.1, 0.15) is 16.7 Å². The van der Waals surface area contributed by atoms with Gasteiger partial charge in [-0.3, -0.25) is 4.99 Å². The van der Waals surface area contributed by atoms with Gasteiger partial charge in [-0.15, -0.1) is 11.8 Å². The molecular formula is C25H24N2S. The lowest BCUT2D eigenvalue weighted by Gasteiger charge is -2.18. The van der Waals surface area contributed by atoms with Gasteiger partial charge in [-0.1, -0.05) is 72.8 Å². The number of likely N-dealkylation sites (N-methyl/N-ethyl adjacent to an activating group) is 1. The second kappa shape index (κ2) is 8.94. The number of anilines is 1. The summed E-state index contributed by atoms with van der Waals surface area (Å²) in [5, 5.41) is 0. The van der Waals surface area contributed by atoms with E-state index in [1.165, 1.54) is 27.3 Å². The fourth-order valence-corrected chi connectivity index (χ4v) is 4.34. The van der Waals surface area contributed by atoms with Gasteiger partial charge in [0.1, 0.15) is 0 Å². The van der Waals surface area contributed by atoms with E-state index >= 15 is 0 Å². The van der Waals surface area contributed by atoms with Crippen molar-refractivity contribution in [2.45, 2.75) is 10.6 Å². The summed E-state index contributed by atoms with van der Waals surface area (Å²) >= 11 is 1.88. The quantitative estimate of drug-likeness (QED) is 0.507. The molecule has 0 fully saturated rings. The Morgan fingerprint density at radius 1 is 0.893 bits per heavy atom. The highest BCUT2D eigenvalue weighted by Gasteiger charge is 2.13. The van der Waals surface area contributed by atoms with Gasteiger partial charge in [0, 0.05) is 35.5 Å². The first kappa shape index (κ1) is 18.6. The number of nitrogens with zero attached hydrogens (tertiary/aromatic N) is 2. The first-order valence-electron chi connectivity index (χ1n) is 9.60. The van der Waals surface area contributed by atoms with E-state index in [2.05, 4.69) is 103 Å². The molecule has 0 N–H and O–H groups in total. The molecule has 0 aromatic heterocycles. The van der Waals surface area contributed by atoms with Gasteiger partial charge in [0.15, 0.2) is 0 Å². The average molecular weight is 385 g/mol. The molecule has 0 atom stereocenters. The maximum atomic E-state index is 4.83. The van der Waals surface area contributed by atoms with Crippen LogP contribution in [0.5, 0.6) is 0 Å². The third-order valence-electron chi connectivity index (χ3n) is 4.89. The SMILES string of the molecule is CN1CCN=C(C=Cc2ccccc2SCc2ccccc2)c2ccccc21. The third-order valence-corrected chi connectivity index (χ3v) is 6.05. The fraction of sp³-hybridized carbons (Fsp3) is 0.160. The van der Waals surface area contributed by atoms with Crippen LogP contribution in [0.15, 0.2) is 94.8 Å². The summed E-state index contributed by atoms with van der Waals surface area (Å²) in [7, 11) is 2.14. The molecule has 0 radical (unpaired) electrons. The topological polar surface area (TPSA) is 15.6 Å². The molecule has 0 saturated heterocycles. The third kappa shape index (κ3) is 4.37. The van der Waals surface area contributed by atoms with Gasteiger partial charge in [-0.25, -0.2) is 0 Å². The molecule has 3 heteroatoms. The lowest BCUT2D eigenvalue weighted by Crippen LogP contribution is -2.20. The van der Waals surface area contributed by atoms with Crippen LogP contribution < -0.4 is 4.90 Å². The van der Waals surface area contributed by atoms with Gasteiger partial charge in [0.25, 0.3) is 0 Å². The molecule has 0 spiro atoms. The number of hydrogen-bond donors (Lipinski definition) is 0. The van der Waals surface area contributed by atoms with Gasteiger partial charge in [-0.05, 0) is 29.3 Å². The molecule has 2 nitrogen and oxygen atoms in total. The highest BCUT2D eigenvalue weighted by atomic mass is 32.2. The number of benzodiazepines with no additional fused rings is 1. The Bertz CT molecular complexity index is 992. The Kier molecular flexibility index (Phi) is 5.93. The van der Waals surface area contributed by atoms with Gasteiger partial charge >= 0.3 is 0 Å². The van der Waals surface area contributed by atoms with E-state index in [1.54, 1.807) is 0 Å². The molecule has 1 aliphatic heterocycles. The summed E-state index contributed by atoms with van der Waals surface area (Å²) < 4.78 is 0. The number of aliphatic imine (C=N–C) groups is 1. The number of fused-ring (bicyclic) bond motifs is 1. The predicted molar refractivity (Wildman–Crippen MR) is 123 cm³/mol. The smallest absolute Gasteiger partial charge is 0.0668 e. The zero-order chi connectivity index (χ0) is 19.2. The summed E-state index contributed by atoms with van der Waals surface area (Å²) in [6, 6.07) is 27.7. The number of thioether (sulfide) groups is 1. The number of benzene rings is 3. The first-order valence-corrected chi connectivity index (χ1v) is 10.6. The summed E-state index contributed by atoms with van der Waals surface area (Å²) in [5.74, 6) is 0.972. The Balaban J connectivity index is 1.57. The van der Waals surface area contributed by atoms with E-state index in [9.17, 15) is 0 Å². The Labute approximate surface area is 171 Å². The minimum Gasteiger partial charge on any atom is -0.372 e. The van der Waals surface area contributed by atoms with Crippen molar-refractivity contribution in [2.75, 3.05) is 25.0 Å². The molecule has 28 heavy (non-hydrogen) atoms. The first-order chi connectivity index (χ1) is 13.8. The standard InChI is InChI=1S/C25H24N2S/c1-27-18-17-26-23(22-12-6-7-13-24(22)27)16-15-21-11-5-8-14-25(21)28-19-20-9-3-2-4-10-20/h2-16H,17-19H2,1H3. The van der Waals surface area contributed by atoms with Crippen LogP contribution in [0.2, 0.25) is 0 Å². The minimum absolute atomic E-state index is 0.815. The molecule has 0 amide bonds. The predicted octanol–water partition coefficient (Wildman–Crippen LogP) is 5.93. The molecule has 0 aliphatic carbocycles. The van der Waals surface area contributed by atoms with Crippen LogP contribution in [-0.4, -0.2) is 25.8 Å². The second-order valence-corrected chi connectivity index (χ2v) is 7.87. The number of allylic oxidation sites excluding steroid dienone is 1. The van der Waals surface area contributed by atoms with Crippen molar-refractivity contribution in [3.8, 4) is 0 Å². The highest BCUT2D eigenvalue weighted by molar-refractivity contribution is 7.98. The number of para-hydroxylation sites is 1. The van der Waals surface area contributed by atoms with Crippen molar-refractivity contribution in [3.63, 3.8) is 0 Å². The van der Waals surface area contributed by atoms with Crippen molar-refractivity contribution in [2.24, 2.45) is 4.99 Å². The lowest BCUT2D eigenvalue weighted by molar-refractivity contribution is 0.897. The Morgan fingerprint density at radius 2 is 1.64 bits per heavy atom. The largest absolute Gasteiger partial charge is 0.372 e. The van der Waals surface area contributed by atoms with E-state index in [1.807, 2.05) is 11.8 Å². The molecule has 140 valence electrons. The monoisotopic (exact) mass is 384 g/mol. The lowest BCUT2D eigenvalue weighted by atomic mass is 10.1. The normalized spacial score (nSPS) is 13.9. The highest BCUT2D eigenvalue weighted by Crippen LogP contribution is 2.28. The van der Waals surface area contributed by atoms with Crippen molar-refractivity contribution >= 4 is 29.2 Å². The van der Waals surface area contributed by atoms with Gasteiger partial charge in [0.2, 0.25) is 0 Å². The van der Waals surface area contributed by atoms with E-state index in [4.69, 9.17) is 4.99 Å². The molecule has 0 unspecified atom stereocenters. The van der Waals surface area contributed by atoms with Crippen LogP contribution >= 0.6 is 11.8 Å². The summed E-state index contributed by atoms with van der Waals surface area (Å²) in [6.45, 7) is 1.76. The number of hydrogen-bond acceptors (Lipinski definition) is 3. The van der Waals surface area contributed by atoms with E-state index in [-0.39, 0.29) is 0 Å². The second-order valence-electron chi connectivity index (χ2n) is 6.85. The molecule has 1 heterocycles. The Morgan fingerprint density at radius 3 is 2.54 bits per heavy atom. The van der Waals surface area contributed by atoms with Crippen molar-refractivity contribution in [1.29, 1.82) is 0 Å². The van der Waals surface area contributed by atoms with Crippen molar-refractivity contribution < 1.29 is 0 Å². The minimum atomic E-state index is 0.815. The molecule has 4 rings (SSSR count). The average Bonchev–Trinajstić information content (AvgIpc) is 2.91. The zero-order valence-electron chi connectivity index (χ0n) is 16.1. The van der Waals surface area contributed by atoms with Crippen LogP contribution in [-0.2, 0) is 5.75 Å². The van der Waals surface area contributed by atoms with Crippen molar-refractivity contribution in [3.05, 3.63) is 102 Å². The maximum absolute atomic E-state index is 4.83. The van der Waals surface area contributed by atoms with E-state index < -0.39 is 0 Å².